The van der Waals surface area contributed by atoms with Crippen molar-refractivity contribution in [2.45, 2.75) is 5.97 Å². The number of hydrogen-bond donors (Lipinski definition) is 3. The van der Waals surface area contributed by atoms with E-state index in [2.05, 4.69) is 9.92 Å². The van der Waals surface area contributed by atoms with E-state index in [9.17, 15) is 13.0 Å². The highest BCUT2D eigenvalue weighted by atomic mass is 32.3. The zero-order chi connectivity index (χ0) is 8.41. The summed E-state index contributed by atoms with van der Waals surface area (Å²) >= 11 is 0. The van der Waals surface area contributed by atoms with Crippen LogP contribution in [0.1, 0.15) is 0 Å². The molecule has 0 unspecified atom stereocenters. The molecule has 0 aromatic carbocycles. The highest BCUT2D eigenvalue weighted by Crippen LogP contribution is 2.02. The van der Waals surface area contributed by atoms with Gasteiger partial charge in [-0.1, -0.05) is 0 Å². The molecule has 0 aromatic heterocycles. The number of aliphatic hydroxyl groups is 2. The van der Waals surface area contributed by atoms with E-state index in [-0.39, 0.29) is 0 Å². The predicted molar refractivity (Wildman–Crippen MR) is 27.0 cm³/mol. The summed E-state index contributed by atoms with van der Waals surface area (Å²) in [4.78, 5) is 0. The van der Waals surface area contributed by atoms with Gasteiger partial charge >= 0.3 is 5.97 Å². The maximum atomic E-state index is 9.65. The van der Waals surface area contributed by atoms with Crippen LogP contribution in [0, 0.1) is 0 Å². The molecule has 0 radical (unpaired) electrons. The maximum absolute atomic E-state index is 9.65. The molecule has 8 heteroatoms. The van der Waals surface area contributed by atoms with Crippen LogP contribution in [0.3, 0.4) is 0 Å². The lowest BCUT2D eigenvalue weighted by molar-refractivity contribution is -0.283. The Bertz CT molecular complexity index is 194. The normalized spacial score (nSPS) is 13.6. The zero-order valence-corrected chi connectivity index (χ0v) is 5.54. The second kappa shape index (κ2) is 2.78. The quantitative estimate of drug-likeness (QED) is 0.235. The number of nitrogens with two attached hydrogens (primary N) is 1. The Morgan fingerprint density at radius 2 is 2.00 bits per heavy atom. The van der Waals surface area contributed by atoms with Crippen LogP contribution in [0.4, 0.5) is 0 Å². The minimum atomic E-state index is -5.12. The fourth-order valence-corrected chi connectivity index (χ4v) is 0.592. The monoisotopic (exact) mass is 172 g/mol. The van der Waals surface area contributed by atoms with Gasteiger partial charge in [0.1, 0.15) is 0 Å². The van der Waals surface area contributed by atoms with E-state index in [0.717, 1.165) is 0 Å². The first-order valence-corrected chi connectivity index (χ1v) is 3.41. The van der Waals surface area contributed by atoms with E-state index >= 15 is 0 Å². The molecule has 0 heterocycles. The van der Waals surface area contributed by atoms with Crippen molar-refractivity contribution >= 4 is 10.4 Å². The van der Waals surface area contributed by atoms with E-state index < -0.39 is 22.9 Å². The molecule has 0 spiro atoms. The third-order valence-electron chi connectivity index (χ3n) is 0.501. The molecule has 0 fully saturated rings. The van der Waals surface area contributed by atoms with Gasteiger partial charge in [0.2, 0.25) is 10.4 Å². The molecular weight excluding hydrogens is 166 g/mol. The van der Waals surface area contributed by atoms with Crippen LogP contribution in [0.25, 0.3) is 0 Å². The second-order valence-corrected chi connectivity index (χ2v) is 2.42. The van der Waals surface area contributed by atoms with Crippen molar-refractivity contribution < 1.29 is 27.4 Å². The summed E-state index contributed by atoms with van der Waals surface area (Å²) < 4.78 is 32.1. The molecule has 0 bridgehead atoms. The van der Waals surface area contributed by atoms with Gasteiger partial charge in [0, 0.05) is 0 Å². The molecule has 0 rings (SSSR count). The Hall–Kier alpha value is -0.250. The van der Waals surface area contributed by atoms with Crippen molar-refractivity contribution in [3.05, 3.63) is 0 Å². The Morgan fingerprint density at radius 3 is 2.10 bits per heavy atom. The molecule has 62 valence electrons. The average molecular weight is 172 g/mol. The Morgan fingerprint density at radius 1 is 1.60 bits per heavy atom. The van der Waals surface area contributed by atoms with Gasteiger partial charge in [-0.25, -0.2) is 12.6 Å². The van der Waals surface area contributed by atoms with Crippen LogP contribution in [-0.2, 0) is 14.6 Å². The third-order valence-corrected chi connectivity index (χ3v) is 0.972. The standard InChI is InChI=1S/C2H7NO6S/c3-1-2(4,5)9-10(6,7)8/h4-5H,1,3H2,(H,6,7,8)/p-1. The number of hydrogen-bond acceptors (Lipinski definition) is 7. The van der Waals surface area contributed by atoms with Gasteiger partial charge in [-0.3, -0.25) is 0 Å². The summed E-state index contributed by atoms with van der Waals surface area (Å²) in [5.41, 5.74) is 4.59. The van der Waals surface area contributed by atoms with E-state index in [1.165, 1.54) is 0 Å². The fourth-order valence-electron chi connectivity index (χ4n) is 0.197. The van der Waals surface area contributed by atoms with Crippen LogP contribution in [-0.4, -0.2) is 35.7 Å². The van der Waals surface area contributed by atoms with Crippen LogP contribution < -0.4 is 5.73 Å². The van der Waals surface area contributed by atoms with E-state index in [1.54, 1.807) is 0 Å². The maximum Gasteiger partial charge on any atom is 0.305 e. The highest BCUT2D eigenvalue weighted by molar-refractivity contribution is 7.80. The van der Waals surface area contributed by atoms with Crippen LogP contribution in [0.5, 0.6) is 0 Å². The highest BCUT2D eigenvalue weighted by Gasteiger charge is 2.24. The van der Waals surface area contributed by atoms with Crippen LogP contribution in [0.15, 0.2) is 0 Å². The van der Waals surface area contributed by atoms with Crippen LogP contribution in [0.2, 0.25) is 0 Å². The summed E-state index contributed by atoms with van der Waals surface area (Å²) in [6, 6.07) is 0. The Kier molecular flexibility index (Phi) is 2.71. The average Bonchev–Trinajstić information content (AvgIpc) is 1.60. The SMILES string of the molecule is NCC(O)(O)OS(=O)(=O)[O-]. The van der Waals surface area contributed by atoms with Gasteiger partial charge in [0.25, 0.3) is 0 Å². The first-order valence-electron chi connectivity index (χ1n) is 2.08. The molecule has 0 saturated heterocycles. The van der Waals surface area contributed by atoms with Crippen LogP contribution >= 0.6 is 0 Å². The van der Waals surface area contributed by atoms with Crippen molar-refractivity contribution in [2.75, 3.05) is 6.54 Å². The molecule has 0 aliphatic carbocycles. The van der Waals surface area contributed by atoms with Crippen molar-refractivity contribution in [3.8, 4) is 0 Å². The Labute approximate surface area is 57.0 Å². The summed E-state index contributed by atoms with van der Waals surface area (Å²) in [6.07, 6.45) is 0. The molecule has 0 saturated carbocycles. The van der Waals surface area contributed by atoms with Crippen molar-refractivity contribution in [2.24, 2.45) is 5.73 Å². The lowest BCUT2D eigenvalue weighted by atomic mass is 10.6. The van der Waals surface area contributed by atoms with Gasteiger partial charge in [-0.15, -0.1) is 0 Å². The summed E-state index contributed by atoms with van der Waals surface area (Å²) in [7, 11) is -5.12. The lowest BCUT2D eigenvalue weighted by Crippen LogP contribution is -2.41. The minimum absolute atomic E-state index is 0.908. The molecular formula is C2H6NO6S-. The molecule has 7 nitrogen and oxygen atoms in total. The molecule has 0 aliphatic rings. The van der Waals surface area contributed by atoms with Crippen molar-refractivity contribution in [3.63, 3.8) is 0 Å². The van der Waals surface area contributed by atoms with E-state index in [1.807, 2.05) is 0 Å². The van der Waals surface area contributed by atoms with Gasteiger partial charge < -0.3 is 20.5 Å². The largest absolute Gasteiger partial charge is 0.725 e. The molecule has 0 amide bonds. The van der Waals surface area contributed by atoms with Gasteiger partial charge in [0.05, 0.1) is 6.54 Å². The third kappa shape index (κ3) is 4.61. The second-order valence-electron chi connectivity index (χ2n) is 1.44. The van der Waals surface area contributed by atoms with Gasteiger partial charge in [-0.05, 0) is 0 Å². The molecule has 4 N–H and O–H groups in total. The smallest absolute Gasteiger partial charge is 0.305 e. The molecule has 0 aliphatic heterocycles. The zero-order valence-electron chi connectivity index (χ0n) is 4.72. The molecule has 0 atom stereocenters. The van der Waals surface area contributed by atoms with E-state index in [4.69, 9.17) is 10.2 Å². The Balaban J connectivity index is 4.16. The summed E-state index contributed by atoms with van der Waals surface area (Å²) in [5.74, 6) is -3.10. The van der Waals surface area contributed by atoms with Gasteiger partial charge in [-0.2, -0.15) is 0 Å². The first kappa shape index (κ1) is 9.75. The van der Waals surface area contributed by atoms with Crippen molar-refractivity contribution in [1.29, 1.82) is 0 Å². The minimum Gasteiger partial charge on any atom is -0.725 e. The summed E-state index contributed by atoms with van der Waals surface area (Å²) in [5, 5.41) is 16.6. The van der Waals surface area contributed by atoms with Gasteiger partial charge in [0.15, 0.2) is 0 Å². The fraction of sp³-hybridized carbons (Fsp3) is 1.00. The first-order chi connectivity index (χ1) is 4.27. The lowest BCUT2D eigenvalue weighted by Gasteiger charge is -2.20. The van der Waals surface area contributed by atoms with E-state index in [0.29, 0.717) is 0 Å². The topological polar surface area (TPSA) is 133 Å². The summed E-state index contributed by atoms with van der Waals surface area (Å²) in [6.45, 7) is -0.908. The number of rotatable bonds is 3. The predicted octanol–water partition coefficient (Wildman–Crippen LogP) is -2.94. The molecule has 10 heavy (non-hydrogen) atoms. The van der Waals surface area contributed by atoms with Crippen molar-refractivity contribution in [1.82, 2.24) is 0 Å². The molecule has 0 aromatic rings.